The molecule has 2 aromatic rings. The van der Waals surface area contributed by atoms with Gasteiger partial charge in [-0.25, -0.2) is 4.98 Å². The number of hydrogen-bond donors (Lipinski definition) is 1. The molecule has 1 saturated heterocycles. The number of nitrogens with zero attached hydrogens (tertiary/aromatic N) is 3. The lowest BCUT2D eigenvalue weighted by molar-refractivity contribution is -0.140. The average Bonchev–Trinajstić information content (AvgIpc) is 3.34. The normalized spacial score (nSPS) is 21.1. The average molecular weight is 378 g/mol. The van der Waals surface area contributed by atoms with Gasteiger partial charge in [0.15, 0.2) is 0 Å². The summed E-state index contributed by atoms with van der Waals surface area (Å²) in [4.78, 5) is 42.3. The Bertz CT molecular complexity index is 876. The minimum Gasteiger partial charge on any atom is -0.352 e. The third-order valence-electron chi connectivity index (χ3n) is 5.39. The van der Waals surface area contributed by atoms with Crippen molar-refractivity contribution < 1.29 is 14.4 Å². The maximum atomic E-state index is 12.4. The van der Waals surface area contributed by atoms with Crippen molar-refractivity contribution in [1.82, 2.24) is 19.8 Å². The van der Waals surface area contributed by atoms with Crippen LogP contribution in [0.15, 0.2) is 55.1 Å². The van der Waals surface area contributed by atoms with Gasteiger partial charge in [-0.2, -0.15) is 0 Å². The van der Waals surface area contributed by atoms with Crippen LogP contribution in [0.4, 0.5) is 0 Å². The van der Waals surface area contributed by atoms with Crippen LogP contribution in [0.25, 0.3) is 5.69 Å². The minimum absolute atomic E-state index is 0.122. The van der Waals surface area contributed by atoms with Crippen LogP contribution >= 0.6 is 0 Å². The third kappa shape index (κ3) is 3.60. The Morgan fingerprint density at radius 1 is 1.07 bits per heavy atom. The van der Waals surface area contributed by atoms with Gasteiger partial charge < -0.3 is 9.88 Å². The van der Waals surface area contributed by atoms with E-state index in [-0.39, 0.29) is 42.5 Å². The Hall–Kier alpha value is -3.22. The van der Waals surface area contributed by atoms with Gasteiger partial charge in [0.1, 0.15) is 0 Å². The van der Waals surface area contributed by atoms with Crippen LogP contribution in [0.1, 0.15) is 24.8 Å². The van der Waals surface area contributed by atoms with E-state index in [4.69, 9.17) is 0 Å². The molecule has 7 nitrogen and oxygen atoms in total. The van der Waals surface area contributed by atoms with Crippen molar-refractivity contribution in [3.05, 3.63) is 60.7 Å². The molecule has 1 aromatic carbocycles. The van der Waals surface area contributed by atoms with Crippen LogP contribution in [-0.4, -0.2) is 38.7 Å². The summed E-state index contributed by atoms with van der Waals surface area (Å²) in [6, 6.07) is 7.81. The maximum absolute atomic E-state index is 12.4. The number of amides is 3. The molecule has 1 fully saturated rings. The van der Waals surface area contributed by atoms with Crippen LogP contribution < -0.4 is 5.32 Å². The molecule has 0 spiro atoms. The molecule has 1 N–H and O–H groups in total. The molecule has 4 rings (SSSR count). The number of fused-ring (bicyclic) bond motifs is 1. The molecule has 1 aliphatic heterocycles. The predicted molar refractivity (Wildman–Crippen MR) is 102 cm³/mol. The zero-order chi connectivity index (χ0) is 19.5. The van der Waals surface area contributed by atoms with Crippen molar-refractivity contribution in [3.63, 3.8) is 0 Å². The van der Waals surface area contributed by atoms with Gasteiger partial charge in [0.25, 0.3) is 0 Å². The summed E-state index contributed by atoms with van der Waals surface area (Å²) in [5, 5.41) is 2.85. The fraction of sp³-hybridized carbons (Fsp3) is 0.333. The van der Waals surface area contributed by atoms with Crippen LogP contribution in [0.3, 0.4) is 0 Å². The van der Waals surface area contributed by atoms with Gasteiger partial charge >= 0.3 is 0 Å². The van der Waals surface area contributed by atoms with E-state index in [1.54, 1.807) is 12.5 Å². The standard InChI is InChI=1S/C21H22N4O3/c26-19(9-11-25-20(27)17-3-1-2-4-18(17)21(25)28)23-13-15-5-7-16(8-6-15)24-12-10-22-14-24/h1-2,5-8,10,12,14,17-18H,3-4,9,11,13H2,(H,23,26). The highest BCUT2D eigenvalue weighted by Gasteiger charge is 2.46. The monoisotopic (exact) mass is 378 g/mol. The van der Waals surface area contributed by atoms with E-state index < -0.39 is 0 Å². The molecule has 144 valence electrons. The number of hydrogen-bond acceptors (Lipinski definition) is 4. The quantitative estimate of drug-likeness (QED) is 0.614. The molecule has 1 aliphatic carbocycles. The Kier molecular flexibility index (Phi) is 5.06. The van der Waals surface area contributed by atoms with Crippen LogP contribution in [0.2, 0.25) is 0 Å². The Morgan fingerprint density at radius 3 is 2.36 bits per heavy atom. The number of allylic oxidation sites excluding steroid dienone is 2. The molecular formula is C21H22N4O3. The maximum Gasteiger partial charge on any atom is 0.233 e. The van der Waals surface area contributed by atoms with Crippen LogP contribution in [-0.2, 0) is 20.9 Å². The van der Waals surface area contributed by atoms with Gasteiger partial charge in [-0.1, -0.05) is 24.3 Å². The molecular weight excluding hydrogens is 356 g/mol. The predicted octanol–water partition coefficient (Wildman–Crippen LogP) is 1.83. The van der Waals surface area contributed by atoms with Crippen molar-refractivity contribution in [2.75, 3.05) is 6.54 Å². The molecule has 0 bridgehead atoms. The summed E-state index contributed by atoms with van der Waals surface area (Å²) in [7, 11) is 0. The summed E-state index contributed by atoms with van der Waals surface area (Å²) in [5.74, 6) is -0.930. The molecule has 0 radical (unpaired) electrons. The second-order valence-corrected chi connectivity index (χ2v) is 7.15. The number of carbonyl (C=O) groups excluding carboxylic acids is 3. The third-order valence-corrected chi connectivity index (χ3v) is 5.39. The van der Waals surface area contributed by atoms with Gasteiger partial charge in [0.2, 0.25) is 17.7 Å². The van der Waals surface area contributed by atoms with Crippen molar-refractivity contribution in [3.8, 4) is 5.69 Å². The van der Waals surface area contributed by atoms with Gasteiger partial charge in [-0.3, -0.25) is 19.3 Å². The molecule has 2 aliphatic rings. The molecule has 2 unspecified atom stereocenters. The van der Waals surface area contributed by atoms with E-state index in [9.17, 15) is 14.4 Å². The van der Waals surface area contributed by atoms with Gasteiger partial charge in [-0.15, -0.1) is 0 Å². The molecule has 0 saturated carbocycles. The summed E-state index contributed by atoms with van der Waals surface area (Å²) >= 11 is 0. The summed E-state index contributed by atoms with van der Waals surface area (Å²) < 4.78 is 1.90. The lowest BCUT2D eigenvalue weighted by Crippen LogP contribution is -2.35. The SMILES string of the molecule is O=C(CCN1C(=O)C2CC=CCC2C1=O)NCc1ccc(-n2ccnc2)cc1. The highest BCUT2D eigenvalue weighted by molar-refractivity contribution is 6.05. The molecule has 2 heterocycles. The Labute approximate surface area is 163 Å². The highest BCUT2D eigenvalue weighted by atomic mass is 16.2. The minimum atomic E-state index is -0.241. The Morgan fingerprint density at radius 2 is 1.75 bits per heavy atom. The molecule has 3 amide bonds. The first kappa shape index (κ1) is 18.2. The van der Waals surface area contributed by atoms with E-state index in [1.807, 2.05) is 47.2 Å². The van der Waals surface area contributed by atoms with Gasteiger partial charge in [-0.05, 0) is 30.5 Å². The van der Waals surface area contributed by atoms with E-state index in [0.717, 1.165) is 11.3 Å². The lowest BCUT2D eigenvalue weighted by Gasteiger charge is -2.14. The zero-order valence-corrected chi connectivity index (χ0v) is 15.5. The first-order valence-corrected chi connectivity index (χ1v) is 9.47. The smallest absolute Gasteiger partial charge is 0.233 e. The second-order valence-electron chi connectivity index (χ2n) is 7.15. The number of aromatic nitrogens is 2. The second kappa shape index (κ2) is 7.80. The summed E-state index contributed by atoms with van der Waals surface area (Å²) in [6.45, 7) is 0.552. The van der Waals surface area contributed by atoms with Crippen molar-refractivity contribution in [2.45, 2.75) is 25.8 Å². The number of rotatable bonds is 6. The van der Waals surface area contributed by atoms with E-state index in [0.29, 0.717) is 19.4 Å². The first-order valence-electron chi connectivity index (χ1n) is 9.47. The van der Waals surface area contributed by atoms with E-state index >= 15 is 0 Å². The van der Waals surface area contributed by atoms with Crippen molar-refractivity contribution in [1.29, 1.82) is 0 Å². The summed E-state index contributed by atoms with van der Waals surface area (Å²) in [6.07, 6.45) is 10.6. The molecule has 2 atom stereocenters. The number of imide groups is 1. The fourth-order valence-corrected chi connectivity index (χ4v) is 3.79. The molecule has 1 aromatic heterocycles. The van der Waals surface area contributed by atoms with E-state index in [1.165, 1.54) is 4.90 Å². The van der Waals surface area contributed by atoms with Crippen LogP contribution in [0, 0.1) is 11.8 Å². The van der Waals surface area contributed by atoms with Gasteiger partial charge in [0, 0.05) is 37.6 Å². The number of likely N-dealkylation sites (tertiary alicyclic amines) is 1. The lowest BCUT2D eigenvalue weighted by atomic mass is 9.85. The van der Waals surface area contributed by atoms with Crippen molar-refractivity contribution in [2.24, 2.45) is 11.8 Å². The van der Waals surface area contributed by atoms with Gasteiger partial charge in [0.05, 0.1) is 18.2 Å². The largest absolute Gasteiger partial charge is 0.352 e. The topological polar surface area (TPSA) is 84.3 Å². The first-order chi connectivity index (χ1) is 13.6. The number of nitrogens with one attached hydrogen (secondary N) is 1. The Balaban J connectivity index is 1.26. The fourth-order valence-electron chi connectivity index (χ4n) is 3.79. The van der Waals surface area contributed by atoms with Crippen molar-refractivity contribution >= 4 is 17.7 Å². The zero-order valence-electron chi connectivity index (χ0n) is 15.5. The number of benzene rings is 1. The number of imidazole rings is 1. The highest BCUT2D eigenvalue weighted by Crippen LogP contribution is 2.34. The molecule has 28 heavy (non-hydrogen) atoms. The van der Waals surface area contributed by atoms with Crippen LogP contribution in [0.5, 0.6) is 0 Å². The summed E-state index contributed by atoms with van der Waals surface area (Å²) in [5.41, 5.74) is 1.97. The molecule has 7 heteroatoms. The number of carbonyl (C=O) groups is 3. The van der Waals surface area contributed by atoms with E-state index in [2.05, 4.69) is 10.3 Å².